The Morgan fingerprint density at radius 3 is 2.71 bits per heavy atom. The van der Waals surface area contributed by atoms with E-state index in [-0.39, 0.29) is 18.1 Å². The van der Waals surface area contributed by atoms with Gasteiger partial charge >= 0.3 is 5.97 Å². The predicted octanol–water partition coefficient (Wildman–Crippen LogP) is 2.81. The van der Waals surface area contributed by atoms with Crippen molar-refractivity contribution in [3.63, 3.8) is 0 Å². The van der Waals surface area contributed by atoms with Gasteiger partial charge in [-0.05, 0) is 29.5 Å². The summed E-state index contributed by atoms with van der Waals surface area (Å²) in [7, 11) is 1.33. The molecule has 0 aliphatic carbocycles. The third-order valence-corrected chi connectivity index (χ3v) is 2.90. The van der Waals surface area contributed by atoms with Crippen molar-refractivity contribution in [3.8, 4) is 5.75 Å². The third kappa shape index (κ3) is 3.24. The molecule has 0 unspecified atom stereocenters. The molecule has 0 N–H and O–H groups in total. The van der Waals surface area contributed by atoms with E-state index < -0.39 is 18.1 Å². The van der Waals surface area contributed by atoms with E-state index in [1.54, 1.807) is 29.5 Å². The molecule has 0 atom stereocenters. The van der Waals surface area contributed by atoms with Crippen LogP contribution in [0.25, 0.3) is 0 Å². The minimum atomic E-state index is -2.77. The van der Waals surface area contributed by atoms with Crippen molar-refractivity contribution in [1.29, 1.82) is 0 Å². The maximum atomic E-state index is 12.6. The Bertz CT molecular complexity index is 426. The van der Waals surface area contributed by atoms with E-state index in [4.69, 9.17) is 9.47 Å². The van der Waals surface area contributed by atoms with E-state index in [1.165, 1.54) is 7.11 Å². The molecule has 0 radical (unpaired) electrons. The Hall–Kier alpha value is -0.990. The topological polar surface area (TPSA) is 48.4 Å². The highest BCUT2D eigenvalue weighted by Gasteiger charge is 2.21. The van der Waals surface area contributed by atoms with Gasteiger partial charge in [-0.2, -0.15) is 0 Å². The molecular weight excluding hydrogens is 347 g/mol. The zero-order valence-electron chi connectivity index (χ0n) is 9.17. The monoisotopic (exact) mass is 357 g/mol. The van der Waals surface area contributed by atoms with E-state index in [0.29, 0.717) is 3.57 Å². The lowest BCUT2D eigenvalue weighted by Crippen LogP contribution is -2.12. The first-order valence-corrected chi connectivity index (χ1v) is 5.78. The molecule has 0 bridgehead atoms. The molecule has 94 valence electrons. The fourth-order valence-corrected chi connectivity index (χ4v) is 1.84. The van der Waals surface area contributed by atoms with Crippen LogP contribution in [0.2, 0.25) is 0 Å². The molecule has 0 aliphatic heterocycles. The van der Waals surface area contributed by atoms with Gasteiger partial charge in [0.05, 0.1) is 17.3 Å². The van der Waals surface area contributed by atoms with Gasteiger partial charge in [0, 0.05) is 6.07 Å². The number of methoxy groups -OCH3 is 1. The molecule has 0 amide bonds. The molecule has 17 heavy (non-hydrogen) atoms. The lowest BCUT2D eigenvalue weighted by Gasteiger charge is -2.10. The quantitative estimate of drug-likeness (QED) is 0.614. The van der Waals surface area contributed by atoms with Crippen LogP contribution in [0.15, 0.2) is 6.07 Å². The van der Waals surface area contributed by atoms with Gasteiger partial charge in [0.15, 0.2) is 5.69 Å². The second kappa shape index (κ2) is 6.08. The van der Waals surface area contributed by atoms with Crippen molar-refractivity contribution in [2.75, 3.05) is 13.7 Å². The summed E-state index contributed by atoms with van der Waals surface area (Å²) in [5, 5.41) is 0. The normalized spacial score (nSPS) is 10.5. The Morgan fingerprint density at radius 2 is 2.24 bits per heavy atom. The molecule has 0 aromatic carbocycles. The molecule has 1 aromatic heterocycles. The Morgan fingerprint density at radius 1 is 1.59 bits per heavy atom. The van der Waals surface area contributed by atoms with Crippen molar-refractivity contribution in [1.82, 2.24) is 4.98 Å². The molecule has 4 nitrogen and oxygen atoms in total. The second-order valence-corrected chi connectivity index (χ2v) is 4.01. The van der Waals surface area contributed by atoms with Gasteiger partial charge in [-0.3, -0.25) is 0 Å². The maximum absolute atomic E-state index is 12.6. The van der Waals surface area contributed by atoms with E-state index in [9.17, 15) is 13.6 Å². The number of halogens is 3. The van der Waals surface area contributed by atoms with Crippen LogP contribution >= 0.6 is 22.6 Å². The fourth-order valence-electron chi connectivity index (χ4n) is 1.12. The minimum Gasteiger partial charge on any atom is -0.495 e. The van der Waals surface area contributed by atoms with Gasteiger partial charge in [0.25, 0.3) is 6.43 Å². The number of rotatable bonds is 4. The smallest absolute Gasteiger partial charge is 0.358 e. The Labute approximate surface area is 110 Å². The number of carbonyl (C=O) groups is 1. The molecule has 0 fully saturated rings. The van der Waals surface area contributed by atoms with Gasteiger partial charge in [0.1, 0.15) is 11.4 Å². The van der Waals surface area contributed by atoms with Crippen molar-refractivity contribution in [2.45, 2.75) is 13.3 Å². The second-order valence-electron chi connectivity index (χ2n) is 2.93. The van der Waals surface area contributed by atoms with Gasteiger partial charge < -0.3 is 9.47 Å². The number of aromatic nitrogens is 1. The largest absolute Gasteiger partial charge is 0.495 e. The highest BCUT2D eigenvalue weighted by atomic mass is 127. The van der Waals surface area contributed by atoms with Gasteiger partial charge in [-0.25, -0.2) is 18.6 Å². The van der Waals surface area contributed by atoms with Crippen molar-refractivity contribution in [3.05, 3.63) is 21.0 Å². The molecule has 0 spiro atoms. The lowest BCUT2D eigenvalue weighted by atomic mass is 10.3. The van der Waals surface area contributed by atoms with E-state index >= 15 is 0 Å². The van der Waals surface area contributed by atoms with Crippen LogP contribution < -0.4 is 4.74 Å². The predicted molar refractivity (Wildman–Crippen MR) is 64.4 cm³/mol. The van der Waals surface area contributed by atoms with Gasteiger partial charge in [-0.15, -0.1) is 0 Å². The average molecular weight is 357 g/mol. The molecular formula is C10H10F2INO3. The SMILES string of the molecule is CCOC(=O)c1nc(C(F)F)cc(OC)c1I. The first-order valence-electron chi connectivity index (χ1n) is 4.71. The highest BCUT2D eigenvalue weighted by Crippen LogP contribution is 2.28. The van der Waals surface area contributed by atoms with Crippen LogP contribution in [-0.4, -0.2) is 24.7 Å². The molecule has 1 heterocycles. The lowest BCUT2D eigenvalue weighted by molar-refractivity contribution is 0.0515. The summed E-state index contributed by atoms with van der Waals surface area (Å²) < 4.78 is 35.2. The summed E-state index contributed by atoms with van der Waals surface area (Å²) in [6, 6.07) is 1.11. The zero-order chi connectivity index (χ0) is 13.0. The Kier molecular flexibility index (Phi) is 5.03. The number of carbonyl (C=O) groups excluding carboxylic acids is 1. The fraction of sp³-hybridized carbons (Fsp3) is 0.400. The number of nitrogens with zero attached hydrogens (tertiary/aromatic N) is 1. The number of ether oxygens (including phenoxy) is 2. The average Bonchev–Trinajstić information content (AvgIpc) is 2.29. The van der Waals surface area contributed by atoms with Crippen LogP contribution in [-0.2, 0) is 4.74 Å². The van der Waals surface area contributed by atoms with Crippen molar-refractivity contribution >= 4 is 28.6 Å². The number of hydrogen-bond acceptors (Lipinski definition) is 4. The third-order valence-electron chi connectivity index (χ3n) is 1.86. The molecule has 1 aromatic rings. The standard InChI is InChI=1S/C10H10F2INO3/c1-3-17-10(15)8-7(13)6(16-2)4-5(14-8)9(11)12/h4,9H,3H2,1-2H3. The number of hydrogen-bond donors (Lipinski definition) is 0. The van der Waals surface area contributed by atoms with Crippen LogP contribution in [0.1, 0.15) is 29.5 Å². The number of alkyl halides is 2. The first-order chi connectivity index (χ1) is 8.01. The van der Waals surface area contributed by atoms with Crippen LogP contribution in [0.5, 0.6) is 5.75 Å². The first kappa shape index (κ1) is 14.1. The van der Waals surface area contributed by atoms with Crippen molar-refractivity contribution in [2.24, 2.45) is 0 Å². The number of esters is 1. The summed E-state index contributed by atoms with van der Waals surface area (Å²) in [4.78, 5) is 15.1. The maximum Gasteiger partial charge on any atom is 0.358 e. The summed E-state index contributed by atoms with van der Waals surface area (Å²) >= 11 is 1.80. The molecule has 1 rings (SSSR count). The Balaban J connectivity index is 3.27. The van der Waals surface area contributed by atoms with E-state index in [0.717, 1.165) is 6.07 Å². The van der Waals surface area contributed by atoms with Crippen LogP contribution in [0, 0.1) is 3.57 Å². The van der Waals surface area contributed by atoms with Crippen molar-refractivity contribution < 1.29 is 23.0 Å². The summed E-state index contributed by atoms with van der Waals surface area (Å²) in [5.41, 5.74) is -0.660. The molecule has 0 aliphatic rings. The summed E-state index contributed by atoms with van der Waals surface area (Å²) in [6.07, 6.45) is -2.77. The summed E-state index contributed by atoms with van der Waals surface area (Å²) in [5.74, 6) is -0.559. The molecule has 7 heteroatoms. The van der Waals surface area contributed by atoms with E-state index in [2.05, 4.69) is 4.98 Å². The molecule has 0 saturated carbocycles. The van der Waals surface area contributed by atoms with Gasteiger partial charge in [-0.1, -0.05) is 0 Å². The zero-order valence-corrected chi connectivity index (χ0v) is 11.3. The van der Waals surface area contributed by atoms with E-state index in [1.807, 2.05) is 0 Å². The highest BCUT2D eigenvalue weighted by molar-refractivity contribution is 14.1. The van der Waals surface area contributed by atoms with Crippen LogP contribution in [0.4, 0.5) is 8.78 Å². The number of pyridine rings is 1. The minimum absolute atomic E-state index is 0.151. The molecule has 0 saturated heterocycles. The summed E-state index contributed by atoms with van der Waals surface area (Å²) in [6.45, 7) is 1.77. The van der Waals surface area contributed by atoms with Crippen LogP contribution in [0.3, 0.4) is 0 Å². The van der Waals surface area contributed by atoms with Gasteiger partial charge in [0.2, 0.25) is 0 Å².